The van der Waals surface area contributed by atoms with E-state index in [1.165, 1.54) is 15.6 Å². The maximum absolute atomic E-state index is 12.8. The third-order valence-corrected chi connectivity index (χ3v) is 4.89. The molecule has 0 saturated carbocycles. The first-order valence-corrected chi connectivity index (χ1v) is 9.72. The Balaban J connectivity index is 1.37. The maximum atomic E-state index is 12.8. The summed E-state index contributed by atoms with van der Waals surface area (Å²) in [5.74, 6) is 0.784. The first kappa shape index (κ1) is 19.1. The normalized spacial score (nSPS) is 12.7. The summed E-state index contributed by atoms with van der Waals surface area (Å²) < 4.78 is 13.6. The number of nitrogens with zero attached hydrogens (tertiary/aromatic N) is 5. The van der Waals surface area contributed by atoms with Gasteiger partial charge < -0.3 is 14.8 Å². The van der Waals surface area contributed by atoms with Crippen LogP contribution < -0.4 is 20.3 Å². The summed E-state index contributed by atoms with van der Waals surface area (Å²) in [6.45, 7) is 0.700. The summed E-state index contributed by atoms with van der Waals surface area (Å²) in [6, 6.07) is 12.0. The minimum absolute atomic E-state index is 0.0598. The minimum Gasteiger partial charge on any atom is -0.486 e. The molecule has 2 aromatic heterocycles. The van der Waals surface area contributed by atoms with Gasteiger partial charge in [-0.25, -0.2) is 4.98 Å². The monoisotopic (exact) mass is 438 g/mol. The van der Waals surface area contributed by atoms with Gasteiger partial charge in [0.25, 0.3) is 5.56 Å². The Morgan fingerprint density at radius 3 is 2.68 bits per heavy atom. The molecular weight excluding hydrogens is 424 g/mol. The number of anilines is 1. The number of carbonyl (C=O) groups is 1. The Morgan fingerprint density at radius 1 is 1.10 bits per heavy atom. The van der Waals surface area contributed by atoms with Crippen LogP contribution in [0.1, 0.15) is 0 Å². The lowest BCUT2D eigenvalue weighted by molar-refractivity contribution is -0.116. The van der Waals surface area contributed by atoms with Crippen LogP contribution in [0.2, 0.25) is 5.02 Å². The number of ether oxygens (including phenoxy) is 2. The summed E-state index contributed by atoms with van der Waals surface area (Å²) in [5, 5.41) is 11.3. The third-order valence-electron chi connectivity index (χ3n) is 4.64. The number of amides is 1. The van der Waals surface area contributed by atoms with Crippen LogP contribution in [0.4, 0.5) is 5.69 Å². The number of hydrogen-bond acceptors (Lipinski definition) is 7. The number of nitrogens with one attached hydrogen (secondary N) is 1. The number of hydrogen-bond donors (Lipinski definition) is 1. The first-order chi connectivity index (χ1) is 15.1. The van der Waals surface area contributed by atoms with Gasteiger partial charge in [-0.2, -0.15) is 4.68 Å². The largest absolute Gasteiger partial charge is 0.486 e. The van der Waals surface area contributed by atoms with Gasteiger partial charge in [0.15, 0.2) is 22.7 Å². The van der Waals surface area contributed by atoms with Crippen molar-refractivity contribution in [2.75, 3.05) is 18.5 Å². The third kappa shape index (κ3) is 3.68. The van der Waals surface area contributed by atoms with E-state index in [2.05, 4.69) is 20.6 Å². The highest BCUT2D eigenvalue weighted by Crippen LogP contribution is 2.32. The summed E-state index contributed by atoms with van der Waals surface area (Å²) in [6.07, 6.45) is 1.30. The Kier molecular flexibility index (Phi) is 4.75. The van der Waals surface area contributed by atoms with Gasteiger partial charge in [-0.1, -0.05) is 16.8 Å². The maximum Gasteiger partial charge on any atom is 0.284 e. The minimum atomic E-state index is -0.470. The molecule has 0 unspecified atom stereocenters. The lowest BCUT2D eigenvalue weighted by atomic mass is 10.2. The summed E-state index contributed by atoms with van der Waals surface area (Å²) in [5.41, 5.74) is 1.07. The van der Waals surface area contributed by atoms with Crippen LogP contribution in [-0.2, 0) is 11.3 Å². The van der Waals surface area contributed by atoms with Crippen LogP contribution in [0.15, 0.2) is 53.6 Å². The molecule has 1 aliphatic heterocycles. The first-order valence-electron chi connectivity index (χ1n) is 9.35. The molecule has 0 fully saturated rings. The van der Waals surface area contributed by atoms with Gasteiger partial charge in [-0.3, -0.25) is 14.2 Å². The fourth-order valence-corrected chi connectivity index (χ4v) is 3.32. The molecule has 1 N–H and O–H groups in total. The van der Waals surface area contributed by atoms with Crippen molar-refractivity contribution < 1.29 is 14.3 Å². The van der Waals surface area contributed by atoms with Crippen molar-refractivity contribution in [3.8, 4) is 17.2 Å². The molecule has 0 radical (unpaired) electrons. The average Bonchev–Trinajstić information content (AvgIpc) is 3.21. The number of halogens is 1. The molecular formula is C20H15ClN6O4. The van der Waals surface area contributed by atoms with Crippen LogP contribution >= 0.6 is 11.6 Å². The van der Waals surface area contributed by atoms with E-state index < -0.39 is 11.5 Å². The SMILES string of the molecule is O=C(Cn1cnc2c(nnn2-c2ccc(Cl)cc2)c1=O)Nc1ccc2c(c1)OCCO2. The quantitative estimate of drug-likeness (QED) is 0.518. The van der Waals surface area contributed by atoms with E-state index in [0.717, 1.165) is 0 Å². The van der Waals surface area contributed by atoms with Gasteiger partial charge in [0.2, 0.25) is 5.91 Å². The lowest BCUT2D eigenvalue weighted by Crippen LogP contribution is -2.28. The van der Waals surface area contributed by atoms with Crippen LogP contribution in [0.5, 0.6) is 11.5 Å². The van der Waals surface area contributed by atoms with E-state index in [4.69, 9.17) is 21.1 Å². The molecule has 4 aromatic rings. The zero-order valence-electron chi connectivity index (χ0n) is 16.0. The van der Waals surface area contributed by atoms with Crippen LogP contribution in [0.25, 0.3) is 16.9 Å². The predicted octanol–water partition coefficient (Wildman–Crippen LogP) is 2.04. The van der Waals surface area contributed by atoms with Gasteiger partial charge in [0.05, 0.1) is 5.69 Å². The van der Waals surface area contributed by atoms with Gasteiger partial charge in [0.1, 0.15) is 26.1 Å². The van der Waals surface area contributed by atoms with Crippen molar-refractivity contribution in [1.29, 1.82) is 0 Å². The molecule has 10 nitrogen and oxygen atoms in total. The molecule has 1 amide bonds. The summed E-state index contributed by atoms with van der Waals surface area (Å²) in [7, 11) is 0. The van der Waals surface area contributed by atoms with E-state index in [0.29, 0.717) is 41.1 Å². The second kappa shape index (κ2) is 7.73. The highest BCUT2D eigenvalue weighted by atomic mass is 35.5. The molecule has 0 saturated heterocycles. The van der Waals surface area contributed by atoms with Gasteiger partial charge >= 0.3 is 0 Å². The number of fused-ring (bicyclic) bond motifs is 2. The van der Waals surface area contributed by atoms with Gasteiger partial charge in [-0.05, 0) is 36.4 Å². The fourth-order valence-electron chi connectivity index (χ4n) is 3.19. The Hall–Kier alpha value is -3.92. The van der Waals surface area contributed by atoms with E-state index in [1.807, 2.05) is 0 Å². The fraction of sp³-hybridized carbons (Fsp3) is 0.150. The van der Waals surface area contributed by atoms with E-state index >= 15 is 0 Å². The highest BCUT2D eigenvalue weighted by Gasteiger charge is 2.16. The van der Waals surface area contributed by atoms with E-state index in [-0.39, 0.29) is 17.7 Å². The Morgan fingerprint density at radius 2 is 1.87 bits per heavy atom. The Bertz CT molecular complexity index is 1350. The molecule has 11 heteroatoms. The topological polar surface area (TPSA) is 113 Å². The van der Waals surface area contributed by atoms with Gasteiger partial charge in [-0.15, -0.1) is 5.10 Å². The molecule has 1 aliphatic rings. The summed E-state index contributed by atoms with van der Waals surface area (Å²) in [4.78, 5) is 29.5. The average molecular weight is 439 g/mol. The molecule has 0 aliphatic carbocycles. The second-order valence-corrected chi connectivity index (χ2v) is 7.17. The number of rotatable bonds is 4. The van der Waals surface area contributed by atoms with Crippen molar-refractivity contribution >= 4 is 34.4 Å². The molecule has 3 heterocycles. The molecule has 31 heavy (non-hydrogen) atoms. The van der Waals surface area contributed by atoms with Crippen LogP contribution in [0.3, 0.4) is 0 Å². The molecule has 0 bridgehead atoms. The molecule has 0 atom stereocenters. The van der Waals surface area contributed by atoms with E-state index in [1.54, 1.807) is 42.5 Å². The van der Waals surface area contributed by atoms with Crippen molar-refractivity contribution in [3.05, 3.63) is 64.2 Å². The Labute approximate surface area is 180 Å². The lowest BCUT2D eigenvalue weighted by Gasteiger charge is -2.19. The van der Waals surface area contributed by atoms with Crippen LogP contribution in [-0.4, -0.2) is 43.7 Å². The van der Waals surface area contributed by atoms with Crippen molar-refractivity contribution in [3.63, 3.8) is 0 Å². The van der Waals surface area contributed by atoms with E-state index in [9.17, 15) is 9.59 Å². The number of aromatic nitrogens is 5. The zero-order valence-corrected chi connectivity index (χ0v) is 16.7. The standard InChI is InChI=1S/C20H15ClN6O4/c21-12-1-4-14(5-2-12)27-19-18(24-25-27)20(29)26(11-22-19)10-17(28)23-13-3-6-15-16(9-13)31-8-7-30-15/h1-6,9,11H,7-8,10H2,(H,23,28). The molecule has 2 aromatic carbocycles. The second-order valence-electron chi connectivity index (χ2n) is 6.73. The summed E-state index contributed by atoms with van der Waals surface area (Å²) >= 11 is 5.91. The van der Waals surface area contributed by atoms with Crippen LogP contribution in [0, 0.1) is 0 Å². The highest BCUT2D eigenvalue weighted by molar-refractivity contribution is 6.30. The van der Waals surface area contributed by atoms with Crippen molar-refractivity contribution in [2.24, 2.45) is 0 Å². The number of benzene rings is 2. The van der Waals surface area contributed by atoms with Crippen molar-refractivity contribution in [2.45, 2.75) is 6.54 Å². The smallest absolute Gasteiger partial charge is 0.284 e. The predicted molar refractivity (Wildman–Crippen MR) is 112 cm³/mol. The molecule has 0 spiro atoms. The number of carbonyl (C=O) groups excluding carboxylic acids is 1. The zero-order chi connectivity index (χ0) is 21.4. The molecule has 5 rings (SSSR count). The van der Waals surface area contributed by atoms with Gasteiger partial charge in [0, 0.05) is 16.8 Å². The van der Waals surface area contributed by atoms with Crippen molar-refractivity contribution in [1.82, 2.24) is 24.5 Å². The molecule has 156 valence electrons.